The average Bonchev–Trinajstić information content (AvgIpc) is 0.777. The van der Waals surface area contributed by atoms with Crippen molar-refractivity contribution in [2.75, 3.05) is 80.3 Å². The lowest BCUT2D eigenvalue weighted by Crippen LogP contribution is -2.23. The van der Waals surface area contributed by atoms with Crippen molar-refractivity contribution in [2.45, 2.75) is 91.2 Å². The highest BCUT2D eigenvalue weighted by Gasteiger charge is 2.28. The molecule has 2 heterocycles. The molecule has 2 aromatic heterocycles. The number of halogens is 5. The Hall–Kier alpha value is -14.8. The lowest BCUT2D eigenvalue weighted by Gasteiger charge is -2.13. The van der Waals surface area contributed by atoms with Gasteiger partial charge in [0.15, 0.2) is 0 Å². The van der Waals surface area contributed by atoms with E-state index in [0.717, 1.165) is 27.8 Å². The Balaban J connectivity index is 0.000000322. The van der Waals surface area contributed by atoms with E-state index in [9.17, 15) is 42.1 Å². The molecule has 0 unspecified atom stereocenters. The van der Waals surface area contributed by atoms with Crippen molar-refractivity contribution < 1.29 is 120 Å². The van der Waals surface area contributed by atoms with Gasteiger partial charge in [-0.3, -0.25) is 9.97 Å². The zero-order valence-electron chi connectivity index (χ0n) is 80.0. The number of hydrogen-bond donors (Lipinski definition) is 10. The SMILES string of the molecule is COc1ccc(Cl)cc1S(=O)(=O)Oc1cc(C)cc(OCCCON=C(N)N)c1.COc1ccccc1S(=O)(=O)Oc1cc(C)cc(OCCCON=C(N)N)c1.Cc1cc(OCCCON=C(N)N)cc(OS(=O)(=O)c2cccc3cccnc23)c1.Cc1cc(OCCCON=C(N)N)cc(OS(=O)(=O)c2cccc3cnccc23)c1.Cc1cc(OCCCON=C(N)N)cc(OS(=O)(=O)c2ccccc2Cl)c1.Cl.Cl.Cl. The molecule has 44 nitrogen and oxygen atoms in total. The van der Waals surface area contributed by atoms with Crippen molar-refractivity contribution in [3.05, 3.63) is 269 Å². The van der Waals surface area contributed by atoms with Gasteiger partial charge in [0, 0.05) is 102 Å². The molecule has 12 rings (SSSR count). The van der Waals surface area contributed by atoms with E-state index in [1.807, 2.05) is 13.8 Å². The largest absolute Gasteiger partial charge is 0.495 e. The number of rotatable bonds is 47. The molecule has 0 aliphatic rings. The fourth-order valence-electron chi connectivity index (χ4n) is 12.2. The maximum absolute atomic E-state index is 12.9. The second kappa shape index (κ2) is 60.8. The van der Waals surface area contributed by atoms with Crippen LogP contribution in [0.15, 0.2) is 281 Å². The van der Waals surface area contributed by atoms with E-state index in [2.05, 4.69) is 35.7 Å². The van der Waals surface area contributed by atoms with Gasteiger partial charge in [0.25, 0.3) is 0 Å². The Morgan fingerprint density at radius 1 is 0.293 bits per heavy atom. The number of aryl methyl sites for hydroxylation is 5. The van der Waals surface area contributed by atoms with Gasteiger partial charge in [-0.15, -0.1) is 37.2 Å². The number of hydrogen-bond acceptors (Lipinski definition) is 34. The van der Waals surface area contributed by atoms with Crippen LogP contribution in [0.25, 0.3) is 21.7 Å². The predicted molar refractivity (Wildman–Crippen MR) is 562 cm³/mol. The molecule has 20 N–H and O–H groups in total. The van der Waals surface area contributed by atoms with Crippen molar-refractivity contribution in [2.24, 2.45) is 83.1 Å². The fraction of sp³-hybridized carbons (Fsp3) is 0.237. The maximum atomic E-state index is 12.9. The number of nitrogens with two attached hydrogens (primary N) is 10. The minimum atomic E-state index is -4.18. The maximum Gasteiger partial charge on any atom is 0.342 e. The highest BCUT2D eigenvalue weighted by molar-refractivity contribution is 7.88. The Bertz CT molecular complexity index is 6890. The van der Waals surface area contributed by atoms with Gasteiger partial charge >= 0.3 is 50.6 Å². The summed E-state index contributed by atoms with van der Waals surface area (Å²) in [5.74, 6) is 2.52. The summed E-state index contributed by atoms with van der Waals surface area (Å²) in [5.41, 5.74) is 55.7. The van der Waals surface area contributed by atoms with Crippen LogP contribution in [0.2, 0.25) is 10.0 Å². The van der Waals surface area contributed by atoms with Crippen LogP contribution in [-0.2, 0) is 74.8 Å². The molecule has 0 radical (unpaired) electrons. The third-order valence-corrected chi connectivity index (χ3v) is 25.0. The highest BCUT2D eigenvalue weighted by Crippen LogP contribution is 2.37. The zero-order valence-corrected chi connectivity index (χ0v) is 88.0. The molecule has 0 spiro atoms. The number of oxime groups is 5. The molecule has 12 aromatic rings. The third-order valence-electron chi connectivity index (χ3n) is 17.9. The number of fused-ring (bicyclic) bond motifs is 2. The summed E-state index contributed by atoms with van der Waals surface area (Å²) < 4.78 is 192. The molecule has 0 aliphatic carbocycles. The summed E-state index contributed by atoms with van der Waals surface area (Å²) in [7, 11) is -17.7. The third kappa shape index (κ3) is 42.8. The number of ether oxygens (including phenoxy) is 7. The lowest BCUT2D eigenvalue weighted by molar-refractivity contribution is 0.127. The van der Waals surface area contributed by atoms with Gasteiger partial charge in [0.2, 0.25) is 29.8 Å². The number of aromatic nitrogens is 2. The van der Waals surface area contributed by atoms with E-state index in [4.69, 9.17) is 159 Å². The van der Waals surface area contributed by atoms with Crippen LogP contribution in [0.5, 0.6) is 69.0 Å². The minimum absolute atomic E-state index is 0. The average molecular weight is 2240 g/mol. The lowest BCUT2D eigenvalue weighted by atomic mass is 10.2. The first-order valence-electron chi connectivity index (χ1n) is 42.9. The van der Waals surface area contributed by atoms with Crippen molar-refractivity contribution in [3.63, 3.8) is 0 Å². The molecule has 54 heteroatoms. The topological polar surface area (TPSA) is 675 Å². The first-order chi connectivity index (χ1) is 68.5. The molecule has 0 bridgehead atoms. The standard InChI is InChI=1S/2C20H22N4O5S.C18H22ClN3O6S.C18H23N3O6S.C17H20ClN3O5S.3ClH/c1-14-11-16(27-9-4-10-28-24-20(21)22)13-17(12-14)29-30(25,26)18-7-2-5-15-6-3-8-23-19(15)18;1-14-10-16(27-8-3-9-28-24-20(21)22)12-17(11-14)29-30(25,26)19-5-2-4-15-13-23-7-6-18(15)19;1-12-8-14(26-6-3-7-27-22-18(20)21)11-15(9-12)28-29(23,24)17-10-13(19)4-5-16(17)25-2;1-13-10-14(25-8-5-9-26-21-18(19)20)12-15(11-13)27-28(22,23)17-7-4-3-6-16(17)24-2;1-12-9-13(24-7-4-8-25-21-17(19)20)11-14(10-12)26-27(22,23)16-6-3-2-5-15(16)18;;;/h2-3,5-8,11-13H,4,9-10H2,1H3,(H4,21,22,24);2,4-7,10-13H,3,8-9H2,1H3,(H4,21,22,24);4-5,8-11H,3,6-7H2,1-2H3,(H4,20,21,22);3-4,6-7,10-12H,5,8-9H2,1-2H3,(H4,19,20,21);2-3,5-6,9-11H,4,7-8H2,1H3,(H4,19,20,21);3*1H. The molecular weight excluding hydrogens is 2120 g/mol. The Labute approximate surface area is 878 Å². The molecule has 10 aromatic carbocycles. The summed E-state index contributed by atoms with van der Waals surface area (Å²) in [6.45, 7) is 12.0. The number of nitrogens with zero attached hydrogens (tertiary/aromatic N) is 7. The predicted octanol–water partition coefficient (Wildman–Crippen LogP) is 12.4. The molecule has 0 atom stereocenters. The summed E-state index contributed by atoms with van der Waals surface area (Å²) in [4.78, 5) is 32.3. The fourth-order valence-corrected chi connectivity index (χ4v) is 18.2. The molecule has 147 heavy (non-hydrogen) atoms. The van der Waals surface area contributed by atoms with E-state index in [1.54, 1.807) is 160 Å². The minimum Gasteiger partial charge on any atom is -0.495 e. The number of guanidine groups is 5. The normalized spacial score (nSPS) is 10.7. The van der Waals surface area contributed by atoms with Crippen LogP contribution < -0.4 is 111 Å². The molecule has 796 valence electrons. The van der Waals surface area contributed by atoms with Gasteiger partial charge in [-0.05, 0) is 216 Å². The first kappa shape index (κ1) is 123. The van der Waals surface area contributed by atoms with Crippen molar-refractivity contribution in [1.82, 2.24) is 9.97 Å². The van der Waals surface area contributed by atoms with Gasteiger partial charge < -0.3 is 136 Å². The summed E-state index contributed by atoms with van der Waals surface area (Å²) in [6.07, 6.45) is 7.31. The van der Waals surface area contributed by atoms with Gasteiger partial charge in [0.1, 0.15) is 127 Å². The molecule has 0 aliphatic heterocycles. The molecule has 0 saturated heterocycles. The summed E-state index contributed by atoms with van der Waals surface area (Å²) in [5, 5.41) is 19.3. The van der Waals surface area contributed by atoms with E-state index in [-0.39, 0.29) is 175 Å². The van der Waals surface area contributed by atoms with Crippen LogP contribution >= 0.6 is 60.4 Å². The van der Waals surface area contributed by atoms with E-state index in [0.29, 0.717) is 116 Å². The van der Waals surface area contributed by atoms with Gasteiger partial charge in [-0.1, -0.05) is 77.8 Å². The Morgan fingerprint density at radius 2 is 0.585 bits per heavy atom. The second-order valence-corrected chi connectivity index (χ2v) is 38.3. The van der Waals surface area contributed by atoms with Gasteiger partial charge in [-0.25, -0.2) is 0 Å². The van der Waals surface area contributed by atoms with E-state index in [1.165, 1.54) is 105 Å². The van der Waals surface area contributed by atoms with E-state index < -0.39 is 50.6 Å². The Kier molecular flexibility index (Phi) is 50.7. The van der Waals surface area contributed by atoms with Crippen LogP contribution in [0.4, 0.5) is 0 Å². The van der Waals surface area contributed by atoms with Crippen molar-refractivity contribution in [1.29, 1.82) is 0 Å². The van der Waals surface area contributed by atoms with Gasteiger partial charge in [-0.2, -0.15) is 42.1 Å². The quantitative estimate of drug-likeness (QED) is 0.00557. The number of pyridine rings is 2. The summed E-state index contributed by atoms with van der Waals surface area (Å²) >= 11 is 11.9. The zero-order chi connectivity index (χ0) is 105. The summed E-state index contributed by atoms with van der Waals surface area (Å²) in [6, 6.07) is 55.8. The Morgan fingerprint density at radius 3 is 0.946 bits per heavy atom. The van der Waals surface area contributed by atoms with Crippen LogP contribution in [0.1, 0.15) is 59.9 Å². The van der Waals surface area contributed by atoms with Crippen LogP contribution in [0, 0.1) is 34.6 Å². The first-order valence-corrected chi connectivity index (χ1v) is 50.7. The number of para-hydroxylation sites is 2. The second-order valence-electron chi connectivity index (χ2n) is 29.9. The van der Waals surface area contributed by atoms with Crippen LogP contribution in [-0.4, -0.2) is 162 Å². The number of methoxy groups -OCH3 is 2. The van der Waals surface area contributed by atoms with Crippen molar-refractivity contribution >= 4 is 162 Å². The van der Waals surface area contributed by atoms with Crippen LogP contribution in [0.3, 0.4) is 0 Å². The smallest absolute Gasteiger partial charge is 0.342 e. The molecule has 0 saturated carbocycles. The molecular formula is C93H112Cl5N17O27S5. The van der Waals surface area contributed by atoms with Gasteiger partial charge in [0.05, 0.1) is 57.8 Å². The molecule has 0 fully saturated rings. The monoisotopic (exact) mass is 2230 g/mol. The molecule has 0 amide bonds. The van der Waals surface area contributed by atoms with Crippen molar-refractivity contribution in [3.8, 4) is 69.0 Å². The van der Waals surface area contributed by atoms with E-state index >= 15 is 0 Å². The number of benzene rings is 10. The highest BCUT2D eigenvalue weighted by atomic mass is 35.5.